The number of aliphatic hydroxyl groups is 1. The molecule has 0 aromatic heterocycles. The molecule has 0 aliphatic rings. The average molecular weight is 310 g/mol. The summed E-state index contributed by atoms with van der Waals surface area (Å²) in [6.45, 7) is 3.24. The minimum Gasteiger partial charge on any atom is -0.508 e. The lowest BCUT2D eigenvalue weighted by molar-refractivity contribution is -0.147. The van der Waals surface area contributed by atoms with Gasteiger partial charge in [0.25, 0.3) is 0 Å². The molecule has 22 heavy (non-hydrogen) atoms. The molecule has 0 fully saturated rings. The number of aromatic hydroxyl groups is 1. The third-order valence-electron chi connectivity index (χ3n) is 3.09. The van der Waals surface area contributed by atoms with Gasteiger partial charge in [0.2, 0.25) is 5.91 Å². The van der Waals surface area contributed by atoms with Gasteiger partial charge < -0.3 is 26.0 Å². The minimum absolute atomic E-state index is 0.108. The number of carbonyl (C=O) groups is 2. The summed E-state index contributed by atoms with van der Waals surface area (Å²) in [4.78, 5) is 23.9. The number of phenolic OH excluding ortho intramolecular Hbond substituents is 1. The van der Waals surface area contributed by atoms with Gasteiger partial charge in [-0.1, -0.05) is 12.1 Å². The van der Waals surface area contributed by atoms with Crippen molar-refractivity contribution in [2.45, 2.75) is 38.5 Å². The zero-order chi connectivity index (χ0) is 16.7. The minimum atomic E-state index is -1.13. The van der Waals surface area contributed by atoms with Gasteiger partial charge in [-0.3, -0.25) is 4.79 Å². The van der Waals surface area contributed by atoms with Crippen LogP contribution in [0.2, 0.25) is 0 Å². The Morgan fingerprint density at radius 1 is 1.32 bits per heavy atom. The fourth-order valence-electron chi connectivity index (χ4n) is 1.79. The van der Waals surface area contributed by atoms with Gasteiger partial charge in [-0.15, -0.1) is 0 Å². The Labute approximate surface area is 129 Å². The zero-order valence-corrected chi connectivity index (χ0v) is 12.7. The summed E-state index contributed by atoms with van der Waals surface area (Å²) in [5, 5.41) is 21.1. The third-order valence-corrected chi connectivity index (χ3v) is 3.09. The van der Waals surface area contributed by atoms with E-state index in [1.165, 1.54) is 19.1 Å². The molecule has 1 aromatic rings. The van der Waals surface area contributed by atoms with Crippen LogP contribution < -0.4 is 11.1 Å². The summed E-state index contributed by atoms with van der Waals surface area (Å²) >= 11 is 0. The van der Waals surface area contributed by atoms with Crippen LogP contribution in [-0.4, -0.2) is 46.9 Å². The lowest BCUT2D eigenvalue weighted by atomic mass is 10.0. The van der Waals surface area contributed by atoms with Crippen LogP contribution in [0, 0.1) is 0 Å². The molecule has 0 radical (unpaired) electrons. The summed E-state index contributed by atoms with van der Waals surface area (Å²) in [5.41, 5.74) is 6.29. The van der Waals surface area contributed by atoms with Crippen molar-refractivity contribution in [1.29, 1.82) is 0 Å². The maximum atomic E-state index is 12.0. The second-order valence-electron chi connectivity index (χ2n) is 4.95. The molecule has 0 unspecified atom stereocenters. The first-order valence-corrected chi connectivity index (χ1v) is 7.03. The van der Waals surface area contributed by atoms with Gasteiger partial charge >= 0.3 is 5.97 Å². The fourth-order valence-corrected chi connectivity index (χ4v) is 1.79. The van der Waals surface area contributed by atoms with E-state index in [0.717, 1.165) is 5.56 Å². The van der Waals surface area contributed by atoms with E-state index in [-0.39, 0.29) is 18.8 Å². The van der Waals surface area contributed by atoms with Crippen LogP contribution in [0.1, 0.15) is 19.4 Å². The van der Waals surface area contributed by atoms with E-state index in [1.807, 2.05) is 0 Å². The molecule has 0 heterocycles. The highest BCUT2D eigenvalue weighted by atomic mass is 16.5. The molecule has 0 aliphatic heterocycles. The van der Waals surface area contributed by atoms with Crippen molar-refractivity contribution in [3.05, 3.63) is 29.8 Å². The van der Waals surface area contributed by atoms with Gasteiger partial charge in [0.15, 0.2) is 0 Å². The Bertz CT molecular complexity index is 501. The number of benzene rings is 1. The highest BCUT2D eigenvalue weighted by Crippen LogP contribution is 2.12. The first-order chi connectivity index (χ1) is 10.3. The molecule has 0 bridgehead atoms. The Hall–Kier alpha value is -2.12. The largest absolute Gasteiger partial charge is 0.508 e. The number of ether oxygens (including phenoxy) is 1. The highest BCUT2D eigenvalue weighted by molar-refractivity contribution is 5.87. The molecular formula is C15H22N2O5. The Morgan fingerprint density at radius 2 is 1.91 bits per heavy atom. The van der Waals surface area contributed by atoms with Crippen LogP contribution in [-0.2, 0) is 20.7 Å². The Kier molecular flexibility index (Phi) is 6.81. The molecule has 1 rings (SSSR count). The molecule has 7 nitrogen and oxygen atoms in total. The molecule has 1 amide bonds. The first kappa shape index (κ1) is 17.9. The number of amides is 1. The van der Waals surface area contributed by atoms with Crippen LogP contribution in [0.15, 0.2) is 24.3 Å². The van der Waals surface area contributed by atoms with E-state index >= 15 is 0 Å². The number of hydrogen-bond acceptors (Lipinski definition) is 6. The van der Waals surface area contributed by atoms with E-state index in [9.17, 15) is 19.8 Å². The monoisotopic (exact) mass is 310 g/mol. The number of esters is 1. The fraction of sp³-hybridized carbons (Fsp3) is 0.467. The molecule has 1 aromatic carbocycles. The third kappa shape index (κ3) is 5.34. The molecule has 122 valence electrons. The molecule has 0 spiro atoms. The summed E-state index contributed by atoms with van der Waals surface area (Å²) in [7, 11) is 0. The topological polar surface area (TPSA) is 122 Å². The standard InChI is InChI=1S/C15H22N2O5/c1-3-22-15(21)12(17-14(20)13(16)9(2)18)8-10-4-6-11(19)7-5-10/h4-7,9,12-13,18-19H,3,8,16H2,1-2H3,(H,17,20)/t9-,12-,13+/m0/s1. The van der Waals surface area contributed by atoms with Gasteiger partial charge in [-0.25, -0.2) is 4.79 Å². The van der Waals surface area contributed by atoms with Gasteiger partial charge in [0.05, 0.1) is 12.7 Å². The van der Waals surface area contributed by atoms with Crippen molar-refractivity contribution in [2.75, 3.05) is 6.61 Å². The van der Waals surface area contributed by atoms with E-state index in [1.54, 1.807) is 19.1 Å². The number of carbonyl (C=O) groups excluding carboxylic acids is 2. The highest BCUT2D eigenvalue weighted by Gasteiger charge is 2.27. The van der Waals surface area contributed by atoms with Crippen LogP contribution in [0.4, 0.5) is 0 Å². The van der Waals surface area contributed by atoms with Crippen LogP contribution >= 0.6 is 0 Å². The number of nitrogens with one attached hydrogen (secondary N) is 1. The van der Waals surface area contributed by atoms with Gasteiger partial charge in [-0.2, -0.15) is 0 Å². The lowest BCUT2D eigenvalue weighted by Crippen LogP contribution is -2.53. The Morgan fingerprint density at radius 3 is 2.41 bits per heavy atom. The molecule has 7 heteroatoms. The number of phenols is 1. The molecule has 3 atom stereocenters. The van der Waals surface area contributed by atoms with Gasteiger partial charge in [0.1, 0.15) is 17.8 Å². The molecule has 0 saturated carbocycles. The Balaban J connectivity index is 2.82. The normalized spacial score (nSPS) is 14.7. The van der Waals surface area contributed by atoms with Crippen LogP contribution in [0.5, 0.6) is 5.75 Å². The summed E-state index contributed by atoms with van der Waals surface area (Å²) < 4.78 is 4.93. The van der Waals surface area contributed by atoms with E-state index in [0.29, 0.717) is 0 Å². The van der Waals surface area contributed by atoms with E-state index < -0.39 is 30.1 Å². The van der Waals surface area contributed by atoms with Gasteiger partial charge in [0, 0.05) is 6.42 Å². The van der Waals surface area contributed by atoms with Crippen LogP contribution in [0.25, 0.3) is 0 Å². The maximum absolute atomic E-state index is 12.0. The average Bonchev–Trinajstić information content (AvgIpc) is 2.47. The smallest absolute Gasteiger partial charge is 0.328 e. The summed E-state index contributed by atoms with van der Waals surface area (Å²) in [6, 6.07) is 4.21. The van der Waals surface area contributed by atoms with Crippen molar-refractivity contribution in [3.63, 3.8) is 0 Å². The molecule has 0 saturated heterocycles. The predicted molar refractivity (Wildman–Crippen MR) is 80.0 cm³/mol. The second-order valence-corrected chi connectivity index (χ2v) is 4.95. The lowest BCUT2D eigenvalue weighted by Gasteiger charge is -2.21. The molecule has 0 aliphatic carbocycles. The number of nitrogens with two attached hydrogens (primary N) is 1. The maximum Gasteiger partial charge on any atom is 0.328 e. The number of aliphatic hydroxyl groups excluding tert-OH is 1. The van der Waals surface area contributed by atoms with E-state index in [4.69, 9.17) is 10.5 Å². The van der Waals surface area contributed by atoms with Crippen molar-refractivity contribution in [1.82, 2.24) is 5.32 Å². The van der Waals surface area contributed by atoms with Crippen molar-refractivity contribution in [2.24, 2.45) is 5.73 Å². The SMILES string of the molecule is CCOC(=O)[C@H](Cc1ccc(O)cc1)NC(=O)[C@H](N)[C@H](C)O. The molecular weight excluding hydrogens is 288 g/mol. The first-order valence-electron chi connectivity index (χ1n) is 7.03. The van der Waals surface area contributed by atoms with Crippen molar-refractivity contribution >= 4 is 11.9 Å². The molecule has 5 N–H and O–H groups in total. The van der Waals surface area contributed by atoms with E-state index in [2.05, 4.69) is 5.32 Å². The second kappa shape index (κ2) is 8.35. The predicted octanol–water partition coefficient (Wildman–Crippen LogP) is -0.309. The summed E-state index contributed by atoms with van der Waals surface area (Å²) in [6.07, 6.45) is -0.839. The van der Waals surface area contributed by atoms with Crippen molar-refractivity contribution < 1.29 is 24.5 Å². The van der Waals surface area contributed by atoms with Crippen LogP contribution in [0.3, 0.4) is 0 Å². The number of rotatable bonds is 7. The zero-order valence-electron chi connectivity index (χ0n) is 12.7. The van der Waals surface area contributed by atoms with Gasteiger partial charge in [-0.05, 0) is 31.5 Å². The number of hydrogen-bond donors (Lipinski definition) is 4. The quantitative estimate of drug-likeness (QED) is 0.513. The van der Waals surface area contributed by atoms with Crippen molar-refractivity contribution in [3.8, 4) is 5.75 Å². The summed E-state index contributed by atoms with van der Waals surface area (Å²) in [5.74, 6) is -1.11.